The van der Waals surface area contributed by atoms with Gasteiger partial charge in [-0.25, -0.2) is 14.2 Å². The molecule has 2 aromatic rings. The van der Waals surface area contributed by atoms with E-state index in [0.29, 0.717) is 17.0 Å². The largest absolute Gasteiger partial charge is 0.479 e. The van der Waals surface area contributed by atoms with Gasteiger partial charge in [-0.2, -0.15) is 0 Å². The van der Waals surface area contributed by atoms with E-state index in [9.17, 15) is 14.3 Å². The number of rotatable bonds is 4. The third-order valence-corrected chi connectivity index (χ3v) is 2.89. The summed E-state index contributed by atoms with van der Waals surface area (Å²) in [6, 6.07) is 4.17. The highest BCUT2D eigenvalue weighted by atomic mass is 19.1. The number of aliphatic hydroxyl groups is 1. The average Bonchev–Trinajstić information content (AvgIpc) is 2.64. The molecule has 6 nitrogen and oxygen atoms in total. The van der Waals surface area contributed by atoms with Crippen molar-refractivity contribution in [2.24, 2.45) is 7.05 Å². The third-order valence-electron chi connectivity index (χ3n) is 2.89. The van der Waals surface area contributed by atoms with E-state index < -0.39 is 11.6 Å². The number of nitrogens with zero attached hydrogens (tertiary/aromatic N) is 2. The predicted molar refractivity (Wildman–Crippen MR) is 67.4 cm³/mol. The molecule has 1 unspecified atom stereocenters. The van der Waals surface area contributed by atoms with Gasteiger partial charge in [0.2, 0.25) is 5.95 Å². The summed E-state index contributed by atoms with van der Waals surface area (Å²) in [5.74, 6) is -1.34. The second-order valence-electron chi connectivity index (χ2n) is 4.56. The summed E-state index contributed by atoms with van der Waals surface area (Å²) in [5, 5.41) is 21.1. The van der Waals surface area contributed by atoms with Crippen molar-refractivity contribution in [3.8, 4) is 0 Å². The number of aliphatic carboxylic acids is 1. The molecule has 0 aliphatic rings. The van der Waals surface area contributed by atoms with Crippen LogP contribution in [0.25, 0.3) is 11.0 Å². The number of carbonyl (C=O) groups is 1. The Labute approximate surface area is 108 Å². The minimum absolute atomic E-state index is 0.206. The predicted octanol–water partition coefficient (Wildman–Crippen LogP) is 0.960. The van der Waals surface area contributed by atoms with Crippen LogP contribution in [-0.4, -0.2) is 37.9 Å². The van der Waals surface area contributed by atoms with Crippen LogP contribution in [0.1, 0.15) is 6.92 Å². The first-order valence-corrected chi connectivity index (χ1v) is 5.63. The molecule has 0 amide bonds. The molecule has 102 valence electrons. The van der Waals surface area contributed by atoms with E-state index in [1.54, 1.807) is 11.6 Å². The van der Waals surface area contributed by atoms with Crippen LogP contribution in [0.4, 0.5) is 10.3 Å². The number of carboxylic acids is 1. The monoisotopic (exact) mass is 267 g/mol. The van der Waals surface area contributed by atoms with Crippen molar-refractivity contribution in [3.05, 3.63) is 24.0 Å². The maximum Gasteiger partial charge on any atom is 0.337 e. The first kappa shape index (κ1) is 13.3. The van der Waals surface area contributed by atoms with Crippen molar-refractivity contribution in [2.45, 2.75) is 12.5 Å². The number of fused-ring (bicyclic) bond motifs is 1. The Morgan fingerprint density at radius 3 is 2.89 bits per heavy atom. The van der Waals surface area contributed by atoms with E-state index in [2.05, 4.69) is 10.3 Å². The summed E-state index contributed by atoms with van der Waals surface area (Å²) in [6.07, 6.45) is 0. The molecule has 0 aliphatic heterocycles. The highest BCUT2D eigenvalue weighted by Gasteiger charge is 2.30. The van der Waals surface area contributed by atoms with Crippen molar-refractivity contribution in [2.75, 3.05) is 11.9 Å². The number of aromatic nitrogens is 2. The zero-order valence-electron chi connectivity index (χ0n) is 10.5. The average molecular weight is 267 g/mol. The van der Waals surface area contributed by atoms with Gasteiger partial charge in [-0.15, -0.1) is 0 Å². The Balaban J connectivity index is 2.27. The molecule has 0 aliphatic carbocycles. The molecule has 1 atom stereocenters. The van der Waals surface area contributed by atoms with E-state index in [4.69, 9.17) is 5.11 Å². The molecule has 1 aromatic carbocycles. The van der Waals surface area contributed by atoms with Gasteiger partial charge in [-0.05, 0) is 25.1 Å². The van der Waals surface area contributed by atoms with E-state index in [1.807, 2.05) is 0 Å². The summed E-state index contributed by atoms with van der Waals surface area (Å²) in [5.41, 5.74) is -0.734. The molecule has 3 N–H and O–H groups in total. The molecule has 19 heavy (non-hydrogen) atoms. The SMILES string of the molecule is Cn1c(NCC(C)(O)C(=O)O)nc2ccc(F)cc21. The molecule has 0 saturated carbocycles. The molecule has 0 fully saturated rings. The van der Waals surface area contributed by atoms with Gasteiger partial charge in [0, 0.05) is 7.05 Å². The molecule has 2 rings (SSSR count). The summed E-state index contributed by atoms with van der Waals surface area (Å²) < 4.78 is 14.7. The molecule has 7 heteroatoms. The number of carboxylic acid groups (broad SMARTS) is 1. The van der Waals surface area contributed by atoms with Crippen molar-refractivity contribution in [3.63, 3.8) is 0 Å². The molecule has 0 bridgehead atoms. The van der Waals surface area contributed by atoms with Crippen molar-refractivity contribution in [1.29, 1.82) is 0 Å². The van der Waals surface area contributed by atoms with Crippen LogP contribution in [-0.2, 0) is 11.8 Å². The number of nitrogens with one attached hydrogen (secondary N) is 1. The summed E-state index contributed by atoms with van der Waals surface area (Å²) in [4.78, 5) is 15.0. The van der Waals surface area contributed by atoms with E-state index in [1.165, 1.54) is 25.1 Å². The van der Waals surface area contributed by atoms with Gasteiger partial charge >= 0.3 is 5.97 Å². The second kappa shape index (κ2) is 4.51. The smallest absolute Gasteiger partial charge is 0.337 e. The zero-order chi connectivity index (χ0) is 14.2. The molecule has 1 heterocycles. The highest BCUT2D eigenvalue weighted by Crippen LogP contribution is 2.19. The standard InChI is InChI=1S/C12H14FN3O3/c1-12(19,10(17)18)6-14-11-15-8-4-3-7(13)5-9(8)16(11)2/h3-5,19H,6H2,1-2H3,(H,14,15)(H,17,18). The molecule has 0 radical (unpaired) electrons. The molecular weight excluding hydrogens is 253 g/mol. The number of hydrogen-bond acceptors (Lipinski definition) is 4. The highest BCUT2D eigenvalue weighted by molar-refractivity contribution is 5.79. The van der Waals surface area contributed by atoms with Crippen LogP contribution in [0, 0.1) is 5.82 Å². The van der Waals surface area contributed by atoms with Crippen LogP contribution in [0.2, 0.25) is 0 Å². The van der Waals surface area contributed by atoms with Gasteiger partial charge in [0.1, 0.15) is 5.82 Å². The summed E-state index contributed by atoms with van der Waals surface area (Å²) in [6.45, 7) is 0.979. The first-order valence-electron chi connectivity index (χ1n) is 5.63. The van der Waals surface area contributed by atoms with E-state index in [0.717, 1.165) is 0 Å². The maximum atomic E-state index is 13.1. The topological polar surface area (TPSA) is 87.4 Å². The van der Waals surface area contributed by atoms with Gasteiger partial charge < -0.3 is 20.1 Å². The van der Waals surface area contributed by atoms with Crippen molar-refractivity contribution >= 4 is 23.0 Å². The molecule has 0 saturated heterocycles. The fraction of sp³-hybridized carbons (Fsp3) is 0.333. The lowest BCUT2D eigenvalue weighted by molar-refractivity contribution is -0.155. The van der Waals surface area contributed by atoms with Crippen LogP contribution in [0.15, 0.2) is 18.2 Å². The number of imidazole rings is 1. The van der Waals surface area contributed by atoms with Crippen molar-refractivity contribution < 1.29 is 19.4 Å². The lowest BCUT2D eigenvalue weighted by Gasteiger charge is -2.18. The zero-order valence-corrected chi connectivity index (χ0v) is 10.5. The van der Waals surface area contributed by atoms with E-state index >= 15 is 0 Å². The van der Waals surface area contributed by atoms with Gasteiger partial charge in [0.05, 0.1) is 17.6 Å². The van der Waals surface area contributed by atoms with Gasteiger partial charge in [0.25, 0.3) is 0 Å². The van der Waals surface area contributed by atoms with Crippen LogP contribution in [0.3, 0.4) is 0 Å². The Morgan fingerprint density at radius 2 is 2.26 bits per heavy atom. The Hall–Kier alpha value is -2.15. The van der Waals surface area contributed by atoms with Gasteiger partial charge in [-0.1, -0.05) is 0 Å². The Bertz CT molecular complexity index is 636. The summed E-state index contributed by atoms with van der Waals surface area (Å²) in [7, 11) is 1.67. The number of anilines is 1. The molecule has 1 aromatic heterocycles. The Kier molecular flexibility index (Phi) is 3.15. The van der Waals surface area contributed by atoms with Gasteiger partial charge in [0.15, 0.2) is 5.60 Å². The molecule has 0 spiro atoms. The number of halogens is 1. The van der Waals surface area contributed by atoms with E-state index in [-0.39, 0.29) is 12.4 Å². The quantitative estimate of drug-likeness (QED) is 0.768. The minimum Gasteiger partial charge on any atom is -0.479 e. The van der Waals surface area contributed by atoms with Crippen LogP contribution in [0.5, 0.6) is 0 Å². The normalized spacial score (nSPS) is 14.3. The third kappa shape index (κ3) is 2.50. The van der Waals surface area contributed by atoms with Gasteiger partial charge in [-0.3, -0.25) is 0 Å². The lowest BCUT2D eigenvalue weighted by Crippen LogP contribution is -2.42. The number of hydrogen-bond donors (Lipinski definition) is 3. The van der Waals surface area contributed by atoms with Crippen LogP contribution >= 0.6 is 0 Å². The second-order valence-corrected chi connectivity index (χ2v) is 4.56. The number of aryl methyl sites for hydroxylation is 1. The minimum atomic E-state index is -1.90. The maximum absolute atomic E-state index is 13.1. The van der Waals surface area contributed by atoms with Crippen LogP contribution < -0.4 is 5.32 Å². The molecular formula is C12H14FN3O3. The fourth-order valence-corrected chi connectivity index (χ4v) is 1.65. The summed E-state index contributed by atoms with van der Waals surface area (Å²) >= 11 is 0. The number of benzene rings is 1. The Morgan fingerprint density at radius 1 is 1.58 bits per heavy atom. The van der Waals surface area contributed by atoms with Crippen molar-refractivity contribution in [1.82, 2.24) is 9.55 Å². The fourth-order valence-electron chi connectivity index (χ4n) is 1.65. The first-order chi connectivity index (χ1) is 8.81. The lowest BCUT2D eigenvalue weighted by atomic mass is 10.1.